The van der Waals surface area contributed by atoms with Gasteiger partial charge in [-0.25, -0.2) is 0 Å². The minimum Gasteiger partial charge on any atom is -0.396 e. The molecule has 0 spiro atoms. The van der Waals surface area contributed by atoms with Crippen LogP contribution in [0.5, 0.6) is 0 Å². The van der Waals surface area contributed by atoms with Crippen molar-refractivity contribution in [3.63, 3.8) is 0 Å². The average molecular weight is 122 g/mol. The molecule has 0 bridgehead atoms. The molecule has 2 nitrogen and oxygen atoms in total. The molecule has 0 aliphatic heterocycles. The third-order valence-corrected chi connectivity index (χ3v) is 1.04. The van der Waals surface area contributed by atoms with E-state index in [2.05, 4.69) is 11.1 Å². The van der Waals surface area contributed by atoms with Crippen LogP contribution in [0.2, 0.25) is 0 Å². The summed E-state index contributed by atoms with van der Waals surface area (Å²) in [6.45, 7) is 0.164. The Bertz CT molecular complexity index is 162. The summed E-state index contributed by atoms with van der Waals surface area (Å²) in [6, 6.07) is 6.43. The first-order valence-electron chi connectivity index (χ1n) is 2.85. The van der Waals surface area contributed by atoms with Crippen molar-refractivity contribution in [2.75, 3.05) is 6.61 Å². The van der Waals surface area contributed by atoms with Crippen molar-refractivity contribution in [1.29, 1.82) is 0 Å². The van der Waals surface area contributed by atoms with Gasteiger partial charge in [-0.1, -0.05) is 6.07 Å². The molecule has 0 unspecified atom stereocenters. The fourth-order valence-electron chi connectivity index (χ4n) is 0.613. The maximum atomic E-state index is 8.47. The summed E-state index contributed by atoms with van der Waals surface area (Å²) in [5.74, 6) is 0. The molecule has 0 fully saturated rings. The topological polar surface area (TPSA) is 33.1 Å². The Morgan fingerprint density at radius 3 is 3.11 bits per heavy atom. The molecule has 1 heterocycles. The van der Waals surface area contributed by atoms with Crippen molar-refractivity contribution >= 4 is 0 Å². The molecular formula is C7H8NO. The Morgan fingerprint density at radius 1 is 1.67 bits per heavy atom. The number of aromatic nitrogens is 1. The summed E-state index contributed by atoms with van der Waals surface area (Å²) >= 11 is 0. The maximum absolute atomic E-state index is 8.47. The summed E-state index contributed by atoms with van der Waals surface area (Å²) in [5.41, 5.74) is 0.913. The molecule has 47 valence electrons. The highest BCUT2D eigenvalue weighted by atomic mass is 16.3. The van der Waals surface area contributed by atoms with Gasteiger partial charge in [0.05, 0.1) is 0 Å². The van der Waals surface area contributed by atoms with Crippen LogP contribution < -0.4 is 0 Å². The Labute approximate surface area is 54.2 Å². The van der Waals surface area contributed by atoms with Crippen molar-refractivity contribution in [3.05, 3.63) is 30.1 Å². The molecule has 0 atom stereocenters. The number of rotatable bonds is 2. The molecule has 2 heteroatoms. The molecule has 1 radical (unpaired) electrons. The summed E-state index contributed by atoms with van der Waals surface area (Å²) < 4.78 is 0. The predicted molar refractivity (Wildman–Crippen MR) is 33.9 cm³/mol. The minimum absolute atomic E-state index is 0.164. The molecule has 0 aliphatic carbocycles. The molecule has 0 amide bonds. The zero-order valence-electron chi connectivity index (χ0n) is 5.04. The Morgan fingerprint density at radius 2 is 2.56 bits per heavy atom. The first-order valence-corrected chi connectivity index (χ1v) is 2.85. The predicted octanol–water partition coefficient (Wildman–Crippen LogP) is 0.417. The fourth-order valence-corrected chi connectivity index (χ4v) is 0.613. The molecule has 9 heavy (non-hydrogen) atoms. The van der Waals surface area contributed by atoms with E-state index in [1.807, 2.05) is 6.07 Å². The van der Waals surface area contributed by atoms with E-state index in [1.54, 1.807) is 12.3 Å². The van der Waals surface area contributed by atoms with Gasteiger partial charge in [0.1, 0.15) is 0 Å². The molecule has 1 aromatic rings. The van der Waals surface area contributed by atoms with Crippen molar-refractivity contribution < 1.29 is 5.11 Å². The van der Waals surface area contributed by atoms with Gasteiger partial charge in [-0.05, 0) is 6.07 Å². The monoisotopic (exact) mass is 122 g/mol. The molecular weight excluding hydrogens is 114 g/mol. The number of hydrogen-bond donors (Lipinski definition) is 1. The van der Waals surface area contributed by atoms with Crippen LogP contribution in [0, 0.1) is 6.07 Å². The van der Waals surface area contributed by atoms with E-state index in [9.17, 15) is 0 Å². The van der Waals surface area contributed by atoms with Gasteiger partial charge in [-0.2, -0.15) is 0 Å². The average Bonchev–Trinajstić information content (AvgIpc) is 1.91. The SMILES string of the molecule is OCCc1cc[c]cn1. The van der Waals surface area contributed by atoms with Crippen LogP contribution in [0.15, 0.2) is 18.3 Å². The number of aliphatic hydroxyl groups excluding tert-OH is 1. The van der Waals surface area contributed by atoms with Crippen molar-refractivity contribution in [3.8, 4) is 0 Å². The lowest BCUT2D eigenvalue weighted by Gasteiger charge is -1.92. The van der Waals surface area contributed by atoms with Crippen LogP contribution in [0.3, 0.4) is 0 Å². The van der Waals surface area contributed by atoms with Crippen molar-refractivity contribution in [1.82, 2.24) is 4.98 Å². The fraction of sp³-hybridized carbons (Fsp3) is 0.286. The van der Waals surface area contributed by atoms with E-state index < -0.39 is 0 Å². The number of aliphatic hydroxyl groups is 1. The van der Waals surface area contributed by atoms with E-state index in [1.165, 1.54) is 0 Å². The number of hydrogen-bond acceptors (Lipinski definition) is 2. The second-order valence-electron chi connectivity index (χ2n) is 1.72. The highest BCUT2D eigenvalue weighted by molar-refractivity contribution is 5.02. The van der Waals surface area contributed by atoms with Gasteiger partial charge in [0.15, 0.2) is 0 Å². The lowest BCUT2D eigenvalue weighted by Crippen LogP contribution is -1.92. The quantitative estimate of drug-likeness (QED) is 0.616. The summed E-state index contributed by atoms with van der Waals surface area (Å²) in [7, 11) is 0. The Kier molecular flexibility index (Phi) is 2.22. The number of nitrogens with zero attached hydrogens (tertiary/aromatic N) is 1. The van der Waals surface area contributed by atoms with Gasteiger partial charge < -0.3 is 5.11 Å². The third-order valence-electron chi connectivity index (χ3n) is 1.04. The highest BCUT2D eigenvalue weighted by Gasteiger charge is 1.87. The summed E-state index contributed by atoms with van der Waals surface area (Å²) in [5, 5.41) is 8.47. The molecule has 0 aromatic carbocycles. The van der Waals surface area contributed by atoms with E-state index >= 15 is 0 Å². The molecule has 0 aliphatic rings. The molecule has 1 rings (SSSR count). The Balaban J connectivity index is 2.61. The van der Waals surface area contributed by atoms with Gasteiger partial charge in [-0.3, -0.25) is 4.98 Å². The first kappa shape index (κ1) is 6.23. The van der Waals surface area contributed by atoms with Crippen LogP contribution in [-0.2, 0) is 6.42 Å². The van der Waals surface area contributed by atoms with E-state index in [0.717, 1.165) is 5.69 Å². The second kappa shape index (κ2) is 3.20. The first-order chi connectivity index (χ1) is 4.43. The highest BCUT2D eigenvalue weighted by Crippen LogP contribution is 1.91. The van der Waals surface area contributed by atoms with Crippen molar-refractivity contribution in [2.24, 2.45) is 0 Å². The second-order valence-corrected chi connectivity index (χ2v) is 1.72. The standard InChI is InChI=1S/C7H8NO/c9-6-4-7-3-1-2-5-8-7/h1,3,5,9H,4,6H2. The maximum Gasteiger partial charge on any atom is 0.0486 e. The van der Waals surface area contributed by atoms with E-state index in [4.69, 9.17) is 5.11 Å². The van der Waals surface area contributed by atoms with Crippen molar-refractivity contribution in [2.45, 2.75) is 6.42 Å². The summed E-state index contributed by atoms with van der Waals surface area (Å²) in [6.07, 6.45) is 2.24. The van der Waals surface area contributed by atoms with Crippen LogP contribution in [0.25, 0.3) is 0 Å². The van der Waals surface area contributed by atoms with Crippen LogP contribution in [0.4, 0.5) is 0 Å². The zero-order chi connectivity index (χ0) is 6.53. The Hall–Kier alpha value is -0.890. The van der Waals surface area contributed by atoms with Crippen LogP contribution in [0.1, 0.15) is 5.69 Å². The van der Waals surface area contributed by atoms with Gasteiger partial charge in [0, 0.05) is 31.0 Å². The third kappa shape index (κ3) is 1.82. The summed E-state index contributed by atoms with van der Waals surface area (Å²) in [4.78, 5) is 3.95. The van der Waals surface area contributed by atoms with Gasteiger partial charge in [0.2, 0.25) is 0 Å². The lowest BCUT2D eigenvalue weighted by molar-refractivity contribution is 0.298. The molecule has 1 aromatic heterocycles. The number of pyridine rings is 1. The van der Waals surface area contributed by atoms with Gasteiger partial charge >= 0.3 is 0 Å². The van der Waals surface area contributed by atoms with Gasteiger partial charge in [-0.15, -0.1) is 0 Å². The molecule has 0 saturated carbocycles. The van der Waals surface area contributed by atoms with E-state index in [0.29, 0.717) is 6.42 Å². The minimum atomic E-state index is 0.164. The smallest absolute Gasteiger partial charge is 0.0486 e. The zero-order valence-corrected chi connectivity index (χ0v) is 5.04. The van der Waals surface area contributed by atoms with Crippen LogP contribution >= 0.6 is 0 Å². The largest absolute Gasteiger partial charge is 0.396 e. The lowest BCUT2D eigenvalue weighted by atomic mass is 10.3. The van der Waals surface area contributed by atoms with Crippen LogP contribution in [-0.4, -0.2) is 16.7 Å². The van der Waals surface area contributed by atoms with E-state index in [-0.39, 0.29) is 6.61 Å². The normalized spacial score (nSPS) is 9.44. The molecule has 1 N–H and O–H groups in total. The van der Waals surface area contributed by atoms with Gasteiger partial charge in [0.25, 0.3) is 0 Å². The molecule has 0 saturated heterocycles.